The number of piperazine rings is 2. The molecule has 0 saturated carbocycles. The first-order valence-corrected chi connectivity index (χ1v) is 10.2. The van der Waals surface area contributed by atoms with Crippen molar-refractivity contribution in [3.63, 3.8) is 0 Å². The summed E-state index contributed by atoms with van der Waals surface area (Å²) in [5.41, 5.74) is 2.27. The molecule has 3 heterocycles. The van der Waals surface area contributed by atoms with Gasteiger partial charge in [-0.25, -0.2) is 9.97 Å². The van der Waals surface area contributed by atoms with Gasteiger partial charge in [0.05, 0.1) is 12.4 Å². The van der Waals surface area contributed by atoms with Crippen LogP contribution in [0, 0.1) is 0 Å². The molecule has 0 radical (unpaired) electrons. The highest BCUT2D eigenvalue weighted by Gasteiger charge is 2.17. The van der Waals surface area contributed by atoms with Gasteiger partial charge in [0.1, 0.15) is 11.5 Å². The van der Waals surface area contributed by atoms with Crippen molar-refractivity contribution in [2.75, 3.05) is 81.6 Å². The lowest BCUT2D eigenvalue weighted by Gasteiger charge is -2.34. The number of benzene rings is 1. The fourth-order valence-electron chi connectivity index (χ4n) is 3.65. The van der Waals surface area contributed by atoms with E-state index >= 15 is 0 Å². The summed E-state index contributed by atoms with van der Waals surface area (Å²) in [6, 6.07) is 8.00. The van der Waals surface area contributed by atoms with Gasteiger partial charge in [-0.1, -0.05) is 0 Å². The van der Waals surface area contributed by atoms with Crippen molar-refractivity contribution in [3.05, 3.63) is 42.4 Å². The minimum absolute atomic E-state index is 0.241. The van der Waals surface area contributed by atoms with Crippen LogP contribution < -0.4 is 15.1 Å². The Morgan fingerprint density at radius 2 is 1.38 bits per heavy atom. The molecule has 1 aromatic carbocycles. The number of rotatable bonds is 4. The third kappa shape index (κ3) is 4.83. The Hall–Kier alpha value is -2.71. The number of carbonyl (C=O) groups is 1. The highest BCUT2D eigenvalue weighted by atomic mass is 16.1. The third-order valence-electron chi connectivity index (χ3n) is 5.69. The van der Waals surface area contributed by atoms with Crippen molar-refractivity contribution in [2.45, 2.75) is 0 Å². The van der Waals surface area contributed by atoms with Gasteiger partial charge in [-0.15, -0.1) is 0 Å². The zero-order valence-electron chi connectivity index (χ0n) is 17.2. The molecular weight excluding hydrogens is 366 g/mol. The minimum Gasteiger partial charge on any atom is -0.369 e. The molecule has 29 heavy (non-hydrogen) atoms. The molecule has 8 heteroatoms. The van der Waals surface area contributed by atoms with Gasteiger partial charge in [0.2, 0.25) is 0 Å². The number of amides is 1. The summed E-state index contributed by atoms with van der Waals surface area (Å²) in [5.74, 6) is 0.584. The molecular formula is C21H29N7O. The van der Waals surface area contributed by atoms with Gasteiger partial charge in [-0.2, -0.15) is 0 Å². The molecule has 1 N–H and O–H groups in total. The molecule has 0 aliphatic carbocycles. The van der Waals surface area contributed by atoms with Gasteiger partial charge >= 0.3 is 0 Å². The molecule has 1 aromatic heterocycles. The van der Waals surface area contributed by atoms with Crippen molar-refractivity contribution in [2.24, 2.45) is 0 Å². The lowest BCUT2D eigenvalue weighted by Crippen LogP contribution is -2.44. The summed E-state index contributed by atoms with van der Waals surface area (Å²) in [6.07, 6.45) is 3.25. The molecule has 2 saturated heterocycles. The van der Waals surface area contributed by atoms with E-state index in [0.717, 1.165) is 63.9 Å². The van der Waals surface area contributed by atoms with Gasteiger partial charge in [-0.05, 0) is 38.4 Å². The van der Waals surface area contributed by atoms with E-state index < -0.39 is 0 Å². The number of aromatic nitrogens is 2. The summed E-state index contributed by atoms with van der Waals surface area (Å²) < 4.78 is 0. The van der Waals surface area contributed by atoms with Crippen LogP contribution in [0.4, 0.5) is 17.2 Å². The number of nitrogens with one attached hydrogen (secondary N) is 1. The monoisotopic (exact) mass is 395 g/mol. The van der Waals surface area contributed by atoms with E-state index in [0.29, 0.717) is 5.69 Å². The quantitative estimate of drug-likeness (QED) is 0.835. The van der Waals surface area contributed by atoms with Crippen LogP contribution in [0.15, 0.2) is 36.7 Å². The molecule has 154 valence electrons. The lowest BCUT2D eigenvalue weighted by atomic mass is 10.2. The summed E-state index contributed by atoms with van der Waals surface area (Å²) in [6.45, 7) is 8.06. The van der Waals surface area contributed by atoms with E-state index in [-0.39, 0.29) is 5.91 Å². The number of carbonyl (C=O) groups excluding carboxylic acids is 1. The van der Waals surface area contributed by atoms with Crippen LogP contribution in [-0.4, -0.2) is 92.1 Å². The first-order valence-electron chi connectivity index (χ1n) is 10.2. The largest absolute Gasteiger partial charge is 0.369 e. The number of hydrogen-bond acceptors (Lipinski definition) is 7. The topological polar surface area (TPSA) is 67.8 Å². The summed E-state index contributed by atoms with van der Waals surface area (Å²) in [7, 11) is 4.27. The van der Waals surface area contributed by atoms with E-state index in [2.05, 4.69) is 61.1 Å². The van der Waals surface area contributed by atoms with E-state index in [1.807, 2.05) is 12.1 Å². The maximum absolute atomic E-state index is 12.5. The molecule has 2 aliphatic heterocycles. The molecule has 0 spiro atoms. The van der Waals surface area contributed by atoms with E-state index in [9.17, 15) is 4.79 Å². The van der Waals surface area contributed by atoms with Crippen molar-refractivity contribution in [1.82, 2.24) is 19.8 Å². The van der Waals surface area contributed by atoms with Gasteiger partial charge < -0.3 is 24.9 Å². The maximum atomic E-state index is 12.5. The molecule has 0 atom stereocenters. The number of likely N-dealkylation sites (N-methyl/N-ethyl adjacent to an activating group) is 2. The fourth-order valence-corrected chi connectivity index (χ4v) is 3.65. The minimum atomic E-state index is -0.241. The molecule has 4 rings (SSSR count). The second kappa shape index (κ2) is 8.75. The van der Waals surface area contributed by atoms with Crippen LogP contribution in [0.3, 0.4) is 0 Å². The van der Waals surface area contributed by atoms with Crippen LogP contribution >= 0.6 is 0 Å². The van der Waals surface area contributed by atoms with Crippen molar-refractivity contribution >= 4 is 23.1 Å². The predicted molar refractivity (Wildman–Crippen MR) is 116 cm³/mol. The highest BCUT2D eigenvalue weighted by Crippen LogP contribution is 2.20. The number of hydrogen-bond donors (Lipinski definition) is 1. The Bertz CT molecular complexity index is 808. The van der Waals surface area contributed by atoms with Crippen molar-refractivity contribution in [3.8, 4) is 0 Å². The van der Waals surface area contributed by atoms with Crippen molar-refractivity contribution < 1.29 is 4.79 Å². The SMILES string of the molecule is CN1CCN(c2ccc(NC(=O)c3cnc(N4CCN(C)CC4)cn3)cc2)CC1. The Morgan fingerprint density at radius 3 is 1.93 bits per heavy atom. The summed E-state index contributed by atoms with van der Waals surface area (Å²) in [4.78, 5) is 30.5. The first kappa shape index (κ1) is 19.6. The highest BCUT2D eigenvalue weighted by molar-refractivity contribution is 6.02. The van der Waals surface area contributed by atoms with Crippen LogP contribution in [0.2, 0.25) is 0 Å². The standard InChI is InChI=1S/C21H29N7O/c1-25-7-11-27(12-8-25)18-5-3-17(4-6-18)24-21(29)19-15-23-20(16-22-19)28-13-9-26(2)10-14-28/h3-6,15-16H,7-14H2,1-2H3,(H,24,29). The van der Waals surface area contributed by atoms with Crippen LogP contribution in [-0.2, 0) is 0 Å². The molecule has 0 unspecified atom stereocenters. The smallest absolute Gasteiger partial charge is 0.275 e. The first-order chi connectivity index (χ1) is 14.1. The normalized spacial score (nSPS) is 18.7. The third-order valence-corrected chi connectivity index (χ3v) is 5.69. The Balaban J connectivity index is 1.34. The molecule has 2 aliphatic rings. The average Bonchev–Trinajstić information content (AvgIpc) is 2.76. The Labute approximate surface area is 172 Å². The number of anilines is 3. The Kier molecular flexibility index (Phi) is 5.92. The second-order valence-electron chi connectivity index (χ2n) is 7.84. The van der Waals surface area contributed by atoms with Gasteiger partial charge in [0.15, 0.2) is 0 Å². The van der Waals surface area contributed by atoms with Crippen LogP contribution in [0.25, 0.3) is 0 Å². The fraction of sp³-hybridized carbons (Fsp3) is 0.476. The van der Waals surface area contributed by atoms with Crippen LogP contribution in [0.5, 0.6) is 0 Å². The summed E-state index contributed by atoms with van der Waals surface area (Å²) >= 11 is 0. The zero-order chi connectivity index (χ0) is 20.2. The lowest BCUT2D eigenvalue weighted by molar-refractivity contribution is 0.102. The predicted octanol–water partition coefficient (Wildman–Crippen LogP) is 1.23. The molecule has 2 aromatic rings. The van der Waals surface area contributed by atoms with Crippen LogP contribution in [0.1, 0.15) is 10.5 Å². The molecule has 1 amide bonds. The Morgan fingerprint density at radius 1 is 0.793 bits per heavy atom. The van der Waals surface area contributed by atoms with Crippen molar-refractivity contribution in [1.29, 1.82) is 0 Å². The molecule has 2 fully saturated rings. The van der Waals surface area contributed by atoms with E-state index in [1.165, 1.54) is 5.69 Å². The average molecular weight is 396 g/mol. The summed E-state index contributed by atoms with van der Waals surface area (Å²) in [5, 5.41) is 2.91. The van der Waals surface area contributed by atoms with E-state index in [4.69, 9.17) is 0 Å². The molecule has 8 nitrogen and oxygen atoms in total. The molecule has 0 bridgehead atoms. The van der Waals surface area contributed by atoms with Gasteiger partial charge in [-0.3, -0.25) is 4.79 Å². The second-order valence-corrected chi connectivity index (χ2v) is 7.84. The zero-order valence-corrected chi connectivity index (χ0v) is 17.2. The maximum Gasteiger partial charge on any atom is 0.275 e. The van der Waals surface area contributed by atoms with Gasteiger partial charge in [0, 0.05) is 63.7 Å². The van der Waals surface area contributed by atoms with Gasteiger partial charge in [0.25, 0.3) is 5.91 Å². The number of nitrogens with zero attached hydrogens (tertiary/aromatic N) is 6. The van der Waals surface area contributed by atoms with E-state index in [1.54, 1.807) is 12.4 Å².